The van der Waals surface area contributed by atoms with E-state index in [-0.39, 0.29) is 24.6 Å². The van der Waals surface area contributed by atoms with Crippen LogP contribution in [0.25, 0.3) is 0 Å². The van der Waals surface area contributed by atoms with E-state index in [1.165, 1.54) is 12.5 Å². The Balaban J connectivity index is 2.05. The van der Waals surface area contributed by atoms with Crippen LogP contribution in [-0.2, 0) is 25.5 Å². The number of carbonyl (C=O) groups excluding carboxylic acids is 2. The summed E-state index contributed by atoms with van der Waals surface area (Å²) in [4.78, 5) is 22.4. The minimum atomic E-state index is -0.553. The molecule has 1 rings (SSSR count). The summed E-state index contributed by atoms with van der Waals surface area (Å²) in [6, 6.07) is 10.1. The molecule has 0 unspecified atom stereocenters. The second kappa shape index (κ2) is 9.04. The van der Waals surface area contributed by atoms with Gasteiger partial charge < -0.3 is 9.47 Å². The Morgan fingerprint density at radius 2 is 1.85 bits per heavy atom. The highest BCUT2D eigenvalue weighted by molar-refractivity contribution is 5.90. The third-order valence-electron chi connectivity index (χ3n) is 2.57. The molecule has 0 spiro atoms. The molecule has 0 radical (unpaired) electrons. The van der Waals surface area contributed by atoms with Crippen molar-refractivity contribution in [2.75, 3.05) is 19.8 Å². The van der Waals surface area contributed by atoms with Crippen LogP contribution in [0.2, 0.25) is 0 Å². The Morgan fingerprint density at radius 1 is 1.15 bits per heavy atom. The van der Waals surface area contributed by atoms with Gasteiger partial charge in [0.2, 0.25) is 0 Å². The Labute approximate surface area is 119 Å². The predicted molar refractivity (Wildman–Crippen MR) is 76.4 cm³/mol. The second-order valence-electron chi connectivity index (χ2n) is 4.54. The van der Waals surface area contributed by atoms with Crippen molar-refractivity contribution in [2.45, 2.75) is 19.8 Å². The first-order valence-electron chi connectivity index (χ1n) is 6.55. The number of benzene rings is 1. The van der Waals surface area contributed by atoms with Crippen LogP contribution in [0.1, 0.15) is 18.9 Å². The maximum atomic E-state index is 11.4. The van der Waals surface area contributed by atoms with Crippen LogP contribution in [0, 0.1) is 0 Å². The number of hydrogen-bond acceptors (Lipinski definition) is 4. The number of carbonyl (C=O) groups is 2. The molecule has 4 heteroatoms. The van der Waals surface area contributed by atoms with Crippen molar-refractivity contribution in [3.63, 3.8) is 0 Å². The first-order chi connectivity index (χ1) is 9.59. The third kappa shape index (κ3) is 6.85. The molecule has 1 aromatic rings. The van der Waals surface area contributed by atoms with Crippen LogP contribution >= 0.6 is 0 Å². The zero-order valence-electron chi connectivity index (χ0n) is 11.8. The number of rotatable bonds is 9. The van der Waals surface area contributed by atoms with Crippen molar-refractivity contribution in [2.24, 2.45) is 0 Å². The van der Waals surface area contributed by atoms with E-state index in [2.05, 4.69) is 18.7 Å². The molecule has 0 N–H and O–H groups in total. The fourth-order valence-electron chi connectivity index (χ4n) is 1.52. The summed E-state index contributed by atoms with van der Waals surface area (Å²) in [7, 11) is 0. The lowest BCUT2D eigenvalue weighted by Crippen LogP contribution is -2.19. The van der Waals surface area contributed by atoms with E-state index >= 15 is 0 Å². The molecule has 0 aliphatic carbocycles. The van der Waals surface area contributed by atoms with Crippen LogP contribution in [0.3, 0.4) is 0 Å². The van der Waals surface area contributed by atoms with Crippen molar-refractivity contribution in [3.05, 3.63) is 48.0 Å². The third-order valence-corrected chi connectivity index (χ3v) is 2.57. The normalized spacial score (nSPS) is 10.1. The monoisotopic (exact) mass is 276 g/mol. The molecule has 108 valence electrons. The fourth-order valence-corrected chi connectivity index (χ4v) is 1.52. The lowest BCUT2D eigenvalue weighted by molar-refractivity contribution is -0.145. The molecule has 0 saturated heterocycles. The van der Waals surface area contributed by atoms with Gasteiger partial charge in [0, 0.05) is 12.2 Å². The molecule has 4 nitrogen and oxygen atoms in total. The first kappa shape index (κ1) is 16.1. The van der Waals surface area contributed by atoms with Crippen LogP contribution < -0.4 is 0 Å². The van der Waals surface area contributed by atoms with Gasteiger partial charge in [0.25, 0.3) is 0 Å². The molecule has 0 saturated carbocycles. The van der Waals surface area contributed by atoms with Gasteiger partial charge in [0.05, 0.1) is 0 Å². The Bertz CT molecular complexity index is 451. The average molecular weight is 276 g/mol. The Kier molecular flexibility index (Phi) is 7.29. The van der Waals surface area contributed by atoms with Gasteiger partial charge in [-0.3, -0.25) is 4.79 Å². The summed E-state index contributed by atoms with van der Waals surface area (Å²) >= 11 is 0. The lowest BCUT2D eigenvalue weighted by Gasteiger charge is -2.05. The van der Waals surface area contributed by atoms with Gasteiger partial charge in [-0.15, -0.1) is 0 Å². The highest BCUT2D eigenvalue weighted by Gasteiger charge is 2.07. The van der Waals surface area contributed by atoms with E-state index in [0.29, 0.717) is 6.61 Å². The Morgan fingerprint density at radius 3 is 2.50 bits per heavy atom. The zero-order chi connectivity index (χ0) is 14.8. The minimum absolute atomic E-state index is 0.0295. The average Bonchev–Trinajstić information content (AvgIpc) is 2.45. The fraction of sp³-hybridized carbons (Fsp3) is 0.375. The standard InChI is InChI=1S/C16H20O4/c1-13(2)16(18)20-12-15(17)11-19-10-6-9-14-7-4-3-5-8-14/h3-5,7-8H,1,6,9-12H2,2H3. The number of Topliss-reactive ketones (excluding diaryl/α,β-unsaturated/α-hetero) is 1. The summed E-state index contributed by atoms with van der Waals surface area (Å²) in [6.45, 7) is 5.19. The molecule has 0 atom stereocenters. The number of ether oxygens (including phenoxy) is 2. The number of hydrogen-bond donors (Lipinski definition) is 0. The van der Waals surface area contributed by atoms with Gasteiger partial charge in [-0.05, 0) is 25.3 Å². The van der Waals surface area contributed by atoms with Crippen molar-refractivity contribution in [1.29, 1.82) is 0 Å². The van der Waals surface area contributed by atoms with Gasteiger partial charge >= 0.3 is 5.97 Å². The second-order valence-corrected chi connectivity index (χ2v) is 4.54. The summed E-state index contributed by atoms with van der Waals surface area (Å²) in [6.07, 6.45) is 1.77. The molecule has 0 aliphatic rings. The van der Waals surface area contributed by atoms with E-state index in [9.17, 15) is 9.59 Å². The molecule has 0 fully saturated rings. The molecular weight excluding hydrogens is 256 g/mol. The molecule has 0 aromatic heterocycles. The topological polar surface area (TPSA) is 52.6 Å². The molecule has 20 heavy (non-hydrogen) atoms. The van der Waals surface area contributed by atoms with Crippen molar-refractivity contribution >= 4 is 11.8 Å². The quantitative estimate of drug-likeness (QED) is 0.394. The summed E-state index contributed by atoms with van der Waals surface area (Å²) in [5.41, 5.74) is 1.53. The number of aryl methyl sites for hydroxylation is 1. The van der Waals surface area contributed by atoms with E-state index in [4.69, 9.17) is 9.47 Å². The highest BCUT2D eigenvalue weighted by Crippen LogP contribution is 2.02. The summed E-state index contributed by atoms with van der Waals surface area (Å²) < 4.78 is 9.97. The molecule has 1 aromatic carbocycles. The van der Waals surface area contributed by atoms with Crippen LogP contribution in [0.15, 0.2) is 42.5 Å². The smallest absolute Gasteiger partial charge is 0.333 e. The van der Waals surface area contributed by atoms with Crippen molar-refractivity contribution in [3.8, 4) is 0 Å². The van der Waals surface area contributed by atoms with E-state index in [0.717, 1.165) is 12.8 Å². The minimum Gasteiger partial charge on any atom is -0.454 e. The number of ketones is 1. The number of esters is 1. The van der Waals surface area contributed by atoms with Crippen LogP contribution in [-0.4, -0.2) is 31.6 Å². The zero-order valence-corrected chi connectivity index (χ0v) is 11.8. The van der Waals surface area contributed by atoms with Gasteiger partial charge in [-0.2, -0.15) is 0 Å². The maximum absolute atomic E-state index is 11.4. The largest absolute Gasteiger partial charge is 0.454 e. The van der Waals surface area contributed by atoms with Crippen LogP contribution in [0.4, 0.5) is 0 Å². The maximum Gasteiger partial charge on any atom is 0.333 e. The SMILES string of the molecule is C=C(C)C(=O)OCC(=O)COCCCc1ccccc1. The van der Waals surface area contributed by atoms with Gasteiger partial charge in [0.1, 0.15) is 6.61 Å². The molecule has 0 amide bonds. The van der Waals surface area contributed by atoms with Gasteiger partial charge in [0.15, 0.2) is 12.4 Å². The Hall–Kier alpha value is -1.94. The lowest BCUT2D eigenvalue weighted by atomic mass is 10.1. The van der Waals surface area contributed by atoms with Gasteiger partial charge in [-0.1, -0.05) is 36.9 Å². The predicted octanol–water partition coefficient (Wildman–Crippen LogP) is 2.32. The summed E-state index contributed by atoms with van der Waals surface area (Å²) in [5.74, 6) is -0.804. The van der Waals surface area contributed by atoms with Crippen LogP contribution in [0.5, 0.6) is 0 Å². The highest BCUT2D eigenvalue weighted by atomic mass is 16.5. The van der Waals surface area contributed by atoms with E-state index in [1.54, 1.807) is 0 Å². The molecule has 0 bridgehead atoms. The molecule has 0 aliphatic heterocycles. The van der Waals surface area contributed by atoms with Gasteiger partial charge in [-0.25, -0.2) is 4.79 Å². The summed E-state index contributed by atoms with van der Waals surface area (Å²) in [5, 5.41) is 0. The first-order valence-corrected chi connectivity index (χ1v) is 6.55. The van der Waals surface area contributed by atoms with Crippen molar-refractivity contribution in [1.82, 2.24) is 0 Å². The molecule has 0 heterocycles. The van der Waals surface area contributed by atoms with E-state index in [1.807, 2.05) is 18.2 Å². The molecular formula is C16H20O4. The van der Waals surface area contributed by atoms with Crippen molar-refractivity contribution < 1.29 is 19.1 Å². The van der Waals surface area contributed by atoms with E-state index < -0.39 is 5.97 Å².